The normalized spacial score (nSPS) is 13.6. The number of hydrogen-bond acceptors (Lipinski definition) is 4. The van der Waals surface area contributed by atoms with Gasteiger partial charge in [-0.2, -0.15) is 0 Å². The number of nitrogens with one attached hydrogen (secondary N) is 2. The molecule has 2 N–H and O–H groups in total. The van der Waals surface area contributed by atoms with E-state index in [9.17, 15) is 9.59 Å². The van der Waals surface area contributed by atoms with Gasteiger partial charge in [-0.3, -0.25) is 9.59 Å². The van der Waals surface area contributed by atoms with Gasteiger partial charge in [0.15, 0.2) is 11.5 Å². The molecule has 1 atom stereocenters. The van der Waals surface area contributed by atoms with Gasteiger partial charge < -0.3 is 20.1 Å². The Kier molecular flexibility index (Phi) is 5.41. The van der Waals surface area contributed by atoms with Crippen molar-refractivity contribution >= 4 is 23.2 Å². The van der Waals surface area contributed by atoms with E-state index in [1.807, 2.05) is 25.1 Å². The Hall–Kier alpha value is -3.02. The zero-order valence-electron chi connectivity index (χ0n) is 14.9. The van der Waals surface area contributed by atoms with Gasteiger partial charge in [0, 0.05) is 24.7 Å². The third kappa shape index (κ3) is 4.53. The van der Waals surface area contributed by atoms with Gasteiger partial charge in [-0.25, -0.2) is 0 Å². The van der Waals surface area contributed by atoms with Crippen LogP contribution in [-0.2, 0) is 9.59 Å². The van der Waals surface area contributed by atoms with E-state index in [1.54, 1.807) is 24.3 Å². The third-order valence-corrected chi connectivity index (χ3v) is 4.09. The van der Waals surface area contributed by atoms with Gasteiger partial charge in [0.1, 0.15) is 13.2 Å². The summed E-state index contributed by atoms with van der Waals surface area (Å²) in [5, 5.41) is 5.57. The number of amides is 2. The van der Waals surface area contributed by atoms with Crippen LogP contribution in [0.4, 0.5) is 11.4 Å². The van der Waals surface area contributed by atoms with Crippen LogP contribution >= 0.6 is 0 Å². The Morgan fingerprint density at radius 3 is 2.42 bits per heavy atom. The number of rotatable bonds is 5. The highest BCUT2D eigenvalue weighted by Crippen LogP contribution is 2.34. The predicted molar refractivity (Wildman–Crippen MR) is 99.8 cm³/mol. The van der Waals surface area contributed by atoms with Crippen LogP contribution in [-0.4, -0.2) is 25.0 Å². The molecule has 1 aliphatic heterocycles. The van der Waals surface area contributed by atoms with Crippen LogP contribution in [0.25, 0.3) is 0 Å². The molecule has 1 aliphatic rings. The Morgan fingerprint density at radius 1 is 1.00 bits per heavy atom. The minimum Gasteiger partial charge on any atom is -0.486 e. The maximum Gasteiger partial charge on any atom is 0.224 e. The number of ether oxygens (including phenoxy) is 2. The average Bonchev–Trinajstić information content (AvgIpc) is 2.61. The molecule has 136 valence electrons. The van der Waals surface area contributed by atoms with E-state index in [1.165, 1.54) is 6.92 Å². The van der Waals surface area contributed by atoms with Crippen molar-refractivity contribution in [3.63, 3.8) is 0 Å². The maximum absolute atomic E-state index is 12.4. The zero-order valence-corrected chi connectivity index (χ0v) is 14.9. The lowest BCUT2D eigenvalue weighted by Crippen LogP contribution is -2.17. The lowest BCUT2D eigenvalue weighted by molar-refractivity contribution is -0.116. The van der Waals surface area contributed by atoms with Crippen LogP contribution in [0.2, 0.25) is 0 Å². The highest BCUT2D eigenvalue weighted by Gasteiger charge is 2.16. The fourth-order valence-corrected chi connectivity index (χ4v) is 2.85. The fourth-order valence-electron chi connectivity index (χ4n) is 2.85. The lowest BCUT2D eigenvalue weighted by Gasteiger charge is -2.20. The molecule has 0 aliphatic carbocycles. The Morgan fingerprint density at radius 2 is 1.69 bits per heavy atom. The molecule has 2 amide bonds. The molecule has 1 unspecified atom stereocenters. The van der Waals surface area contributed by atoms with Crippen molar-refractivity contribution in [1.29, 1.82) is 0 Å². The van der Waals surface area contributed by atoms with Crippen LogP contribution in [0.15, 0.2) is 42.5 Å². The molecule has 0 radical (unpaired) electrons. The van der Waals surface area contributed by atoms with E-state index in [0.29, 0.717) is 31.0 Å². The molecule has 0 aromatic heterocycles. The molecule has 2 aromatic carbocycles. The Bertz CT molecular complexity index is 819. The molecule has 1 heterocycles. The van der Waals surface area contributed by atoms with Gasteiger partial charge in [0.2, 0.25) is 11.8 Å². The minimum absolute atomic E-state index is 0.0318. The molecule has 0 saturated heterocycles. The first-order valence-corrected chi connectivity index (χ1v) is 8.58. The zero-order chi connectivity index (χ0) is 18.5. The summed E-state index contributed by atoms with van der Waals surface area (Å²) in [6.07, 6.45) is 0.337. The molecule has 0 saturated carbocycles. The fraction of sp³-hybridized carbons (Fsp3) is 0.300. The van der Waals surface area contributed by atoms with E-state index in [2.05, 4.69) is 10.6 Å². The topological polar surface area (TPSA) is 76.7 Å². The molecular formula is C20H22N2O4. The van der Waals surface area contributed by atoms with Crippen LogP contribution in [0.1, 0.15) is 31.7 Å². The Balaban J connectivity index is 1.62. The summed E-state index contributed by atoms with van der Waals surface area (Å²) in [5.74, 6) is 1.26. The predicted octanol–water partition coefficient (Wildman–Crippen LogP) is 3.55. The SMILES string of the molecule is CC(=O)Nc1cccc(NC(=O)CC(C)c2ccc3c(c2)OCCO3)c1. The monoisotopic (exact) mass is 354 g/mol. The Labute approximate surface area is 152 Å². The summed E-state index contributed by atoms with van der Waals surface area (Å²) in [5.41, 5.74) is 2.32. The van der Waals surface area contributed by atoms with Crippen molar-refractivity contribution < 1.29 is 19.1 Å². The molecular weight excluding hydrogens is 332 g/mol. The van der Waals surface area contributed by atoms with Gasteiger partial charge >= 0.3 is 0 Å². The molecule has 0 spiro atoms. The first kappa shape index (κ1) is 17.8. The maximum atomic E-state index is 12.4. The molecule has 0 fully saturated rings. The largest absolute Gasteiger partial charge is 0.486 e. The highest BCUT2D eigenvalue weighted by molar-refractivity contribution is 5.93. The molecule has 0 bridgehead atoms. The second kappa shape index (κ2) is 7.91. The van der Waals surface area contributed by atoms with Crippen molar-refractivity contribution in [3.05, 3.63) is 48.0 Å². The van der Waals surface area contributed by atoms with E-state index in [0.717, 1.165) is 17.1 Å². The van der Waals surface area contributed by atoms with Gasteiger partial charge in [-0.15, -0.1) is 0 Å². The second-order valence-corrected chi connectivity index (χ2v) is 6.32. The minimum atomic E-state index is -0.152. The number of carbonyl (C=O) groups is 2. The van der Waals surface area contributed by atoms with E-state index in [-0.39, 0.29) is 17.7 Å². The van der Waals surface area contributed by atoms with Crippen molar-refractivity contribution in [2.75, 3.05) is 23.8 Å². The summed E-state index contributed by atoms with van der Waals surface area (Å²) >= 11 is 0. The lowest BCUT2D eigenvalue weighted by atomic mass is 9.97. The third-order valence-electron chi connectivity index (χ3n) is 4.09. The molecule has 26 heavy (non-hydrogen) atoms. The first-order chi connectivity index (χ1) is 12.5. The molecule has 3 rings (SSSR count). The van der Waals surface area contributed by atoms with Crippen molar-refractivity contribution in [2.45, 2.75) is 26.2 Å². The number of benzene rings is 2. The highest BCUT2D eigenvalue weighted by atomic mass is 16.6. The van der Waals surface area contributed by atoms with E-state index >= 15 is 0 Å². The average molecular weight is 354 g/mol. The summed E-state index contributed by atoms with van der Waals surface area (Å²) in [6, 6.07) is 12.9. The van der Waals surface area contributed by atoms with Crippen molar-refractivity contribution in [3.8, 4) is 11.5 Å². The van der Waals surface area contributed by atoms with Gasteiger partial charge in [0.05, 0.1) is 0 Å². The van der Waals surface area contributed by atoms with Gasteiger partial charge in [0.25, 0.3) is 0 Å². The van der Waals surface area contributed by atoms with Crippen LogP contribution in [0.5, 0.6) is 11.5 Å². The van der Waals surface area contributed by atoms with Gasteiger partial charge in [-0.05, 0) is 41.8 Å². The molecule has 6 nitrogen and oxygen atoms in total. The standard InChI is InChI=1S/C20H22N2O4/c1-13(15-6-7-18-19(11-15)26-9-8-25-18)10-20(24)22-17-5-3-4-16(12-17)21-14(2)23/h3-7,11-13H,8-10H2,1-2H3,(H,21,23)(H,22,24). The first-order valence-electron chi connectivity index (χ1n) is 8.58. The summed E-state index contributed by atoms with van der Waals surface area (Å²) in [7, 11) is 0. The van der Waals surface area contributed by atoms with Crippen molar-refractivity contribution in [1.82, 2.24) is 0 Å². The van der Waals surface area contributed by atoms with E-state index < -0.39 is 0 Å². The summed E-state index contributed by atoms with van der Waals surface area (Å²) < 4.78 is 11.1. The molecule has 2 aromatic rings. The number of hydrogen-bond donors (Lipinski definition) is 2. The second-order valence-electron chi connectivity index (χ2n) is 6.32. The number of fused-ring (bicyclic) bond motifs is 1. The van der Waals surface area contributed by atoms with Gasteiger partial charge in [-0.1, -0.05) is 19.1 Å². The van der Waals surface area contributed by atoms with Crippen molar-refractivity contribution in [2.24, 2.45) is 0 Å². The quantitative estimate of drug-likeness (QED) is 0.861. The van der Waals surface area contributed by atoms with Crippen LogP contribution < -0.4 is 20.1 Å². The van der Waals surface area contributed by atoms with E-state index in [4.69, 9.17) is 9.47 Å². The number of carbonyl (C=O) groups excluding carboxylic acids is 2. The van der Waals surface area contributed by atoms with Crippen LogP contribution in [0.3, 0.4) is 0 Å². The molecule has 6 heteroatoms. The smallest absolute Gasteiger partial charge is 0.224 e. The summed E-state index contributed by atoms with van der Waals surface area (Å²) in [4.78, 5) is 23.5. The van der Waals surface area contributed by atoms with Crippen LogP contribution in [0, 0.1) is 0 Å². The summed E-state index contributed by atoms with van der Waals surface area (Å²) in [6.45, 7) is 4.54. The number of anilines is 2.